The Morgan fingerprint density at radius 1 is 1.42 bits per heavy atom. The van der Waals surface area contributed by atoms with E-state index < -0.39 is 0 Å². The minimum atomic E-state index is -0.212. The molecule has 0 amide bonds. The molecule has 1 aromatic heterocycles. The predicted molar refractivity (Wildman–Crippen MR) is 72.9 cm³/mol. The number of nitrogens with zero attached hydrogens (tertiary/aromatic N) is 3. The molecule has 0 bridgehead atoms. The van der Waals surface area contributed by atoms with Crippen molar-refractivity contribution in [2.75, 3.05) is 13.6 Å². The van der Waals surface area contributed by atoms with Crippen LogP contribution < -0.4 is 5.73 Å². The van der Waals surface area contributed by atoms with Gasteiger partial charge in [-0.25, -0.2) is 4.39 Å². The molecule has 0 aliphatic heterocycles. The van der Waals surface area contributed by atoms with Gasteiger partial charge in [0.25, 0.3) is 0 Å². The van der Waals surface area contributed by atoms with E-state index in [1.165, 1.54) is 6.07 Å². The van der Waals surface area contributed by atoms with E-state index in [4.69, 9.17) is 5.73 Å². The fraction of sp³-hybridized carbons (Fsp3) is 0.357. The van der Waals surface area contributed by atoms with Gasteiger partial charge in [-0.3, -0.25) is 9.58 Å². The Kier molecular flexibility index (Phi) is 4.29. The maximum atomic E-state index is 13.8. The number of hydrogen-bond donors (Lipinski definition) is 1. The lowest BCUT2D eigenvalue weighted by atomic mass is 10.0. The first kappa shape index (κ1) is 13.7. The Morgan fingerprint density at radius 2 is 2.16 bits per heavy atom. The van der Waals surface area contributed by atoms with Crippen molar-refractivity contribution < 1.29 is 4.39 Å². The lowest BCUT2D eigenvalue weighted by Gasteiger charge is -2.27. The largest absolute Gasteiger partial charge is 0.329 e. The van der Waals surface area contributed by atoms with Crippen molar-refractivity contribution in [1.82, 2.24) is 14.7 Å². The highest BCUT2D eigenvalue weighted by Gasteiger charge is 2.19. The minimum Gasteiger partial charge on any atom is -0.329 e. The normalized spacial score (nSPS) is 12.9. The zero-order valence-electron chi connectivity index (χ0n) is 11.3. The molecule has 0 radical (unpaired) electrons. The fourth-order valence-corrected chi connectivity index (χ4v) is 2.24. The van der Waals surface area contributed by atoms with Crippen LogP contribution in [0, 0.1) is 5.82 Å². The van der Waals surface area contributed by atoms with E-state index in [9.17, 15) is 4.39 Å². The van der Waals surface area contributed by atoms with Gasteiger partial charge < -0.3 is 5.73 Å². The molecule has 2 N–H and O–H groups in total. The molecule has 0 fully saturated rings. The average Bonchev–Trinajstić information content (AvgIpc) is 2.78. The van der Waals surface area contributed by atoms with E-state index in [1.807, 2.05) is 37.5 Å². The van der Waals surface area contributed by atoms with Crippen LogP contribution in [0.3, 0.4) is 0 Å². The summed E-state index contributed by atoms with van der Waals surface area (Å²) < 4.78 is 15.6. The molecule has 1 heterocycles. The van der Waals surface area contributed by atoms with Crippen LogP contribution in [0.1, 0.15) is 17.2 Å². The van der Waals surface area contributed by atoms with E-state index in [0.717, 1.165) is 5.56 Å². The predicted octanol–water partition coefficient (Wildman–Crippen LogP) is 1.69. The molecule has 0 aliphatic carbocycles. The molecular formula is C14H19FN4. The Hall–Kier alpha value is -1.72. The van der Waals surface area contributed by atoms with E-state index >= 15 is 0 Å². The second-order valence-electron chi connectivity index (χ2n) is 4.71. The number of benzene rings is 1. The van der Waals surface area contributed by atoms with Crippen molar-refractivity contribution in [2.45, 2.75) is 12.6 Å². The molecule has 0 saturated carbocycles. The molecule has 5 heteroatoms. The van der Waals surface area contributed by atoms with Gasteiger partial charge in [-0.15, -0.1) is 0 Å². The first-order valence-corrected chi connectivity index (χ1v) is 6.24. The number of aromatic nitrogens is 2. The van der Waals surface area contributed by atoms with Crippen LogP contribution in [-0.2, 0) is 13.6 Å². The van der Waals surface area contributed by atoms with E-state index in [1.54, 1.807) is 16.8 Å². The molecule has 0 spiro atoms. The fourth-order valence-electron chi connectivity index (χ4n) is 2.24. The molecule has 2 rings (SSSR count). The Morgan fingerprint density at radius 3 is 2.74 bits per heavy atom. The minimum absolute atomic E-state index is 0.138. The molecule has 102 valence electrons. The summed E-state index contributed by atoms with van der Waals surface area (Å²) in [5, 5.41) is 4.13. The third kappa shape index (κ3) is 3.19. The summed E-state index contributed by atoms with van der Waals surface area (Å²) in [5.41, 5.74) is 7.52. The van der Waals surface area contributed by atoms with Crippen molar-refractivity contribution in [3.05, 3.63) is 53.6 Å². The highest BCUT2D eigenvalue weighted by atomic mass is 19.1. The van der Waals surface area contributed by atoms with Crippen LogP contribution in [0.2, 0.25) is 0 Å². The van der Waals surface area contributed by atoms with Gasteiger partial charge in [-0.1, -0.05) is 18.2 Å². The first-order chi connectivity index (χ1) is 9.11. The number of aryl methyl sites for hydroxylation is 1. The molecule has 2 aromatic rings. The SMILES string of the molecule is CN(Cc1cnn(C)c1)C(CN)c1ccccc1F. The van der Waals surface area contributed by atoms with Gasteiger partial charge in [0.05, 0.1) is 6.20 Å². The summed E-state index contributed by atoms with van der Waals surface area (Å²) in [7, 11) is 3.82. The van der Waals surface area contributed by atoms with Crippen LogP contribution in [0.4, 0.5) is 4.39 Å². The van der Waals surface area contributed by atoms with Gasteiger partial charge in [0.15, 0.2) is 0 Å². The van der Waals surface area contributed by atoms with Gasteiger partial charge >= 0.3 is 0 Å². The van der Waals surface area contributed by atoms with Gasteiger partial charge in [0.1, 0.15) is 5.82 Å². The lowest BCUT2D eigenvalue weighted by molar-refractivity contribution is 0.236. The highest BCUT2D eigenvalue weighted by Crippen LogP contribution is 2.22. The molecule has 0 saturated heterocycles. The van der Waals surface area contributed by atoms with E-state index in [-0.39, 0.29) is 11.9 Å². The van der Waals surface area contributed by atoms with Crippen LogP contribution in [0.25, 0.3) is 0 Å². The maximum absolute atomic E-state index is 13.8. The molecule has 1 atom stereocenters. The van der Waals surface area contributed by atoms with Gasteiger partial charge in [0, 0.05) is 43.5 Å². The number of hydrogen-bond acceptors (Lipinski definition) is 3. The highest BCUT2D eigenvalue weighted by molar-refractivity contribution is 5.22. The second kappa shape index (κ2) is 5.95. The van der Waals surface area contributed by atoms with Gasteiger partial charge in [-0.2, -0.15) is 5.10 Å². The summed E-state index contributed by atoms with van der Waals surface area (Å²) in [6.45, 7) is 1.06. The van der Waals surface area contributed by atoms with Crippen molar-refractivity contribution >= 4 is 0 Å². The summed E-state index contributed by atoms with van der Waals surface area (Å²) >= 11 is 0. The number of rotatable bonds is 5. The van der Waals surface area contributed by atoms with Crippen LogP contribution >= 0.6 is 0 Å². The van der Waals surface area contributed by atoms with Gasteiger partial charge in [0.2, 0.25) is 0 Å². The number of halogens is 1. The summed E-state index contributed by atoms with van der Waals surface area (Å²) in [5.74, 6) is -0.212. The van der Waals surface area contributed by atoms with E-state index in [0.29, 0.717) is 18.7 Å². The molecule has 19 heavy (non-hydrogen) atoms. The lowest BCUT2D eigenvalue weighted by Crippen LogP contribution is -2.30. The standard InChI is InChI=1S/C14H19FN4/c1-18(9-11-8-17-19(2)10-11)14(7-16)12-5-3-4-6-13(12)15/h3-6,8,10,14H,7,9,16H2,1-2H3. The van der Waals surface area contributed by atoms with E-state index in [2.05, 4.69) is 5.10 Å². The zero-order chi connectivity index (χ0) is 13.8. The van der Waals surface area contributed by atoms with Crippen LogP contribution in [0.5, 0.6) is 0 Å². The Labute approximate surface area is 112 Å². The number of likely N-dealkylation sites (N-methyl/N-ethyl adjacent to an activating group) is 1. The second-order valence-corrected chi connectivity index (χ2v) is 4.71. The molecule has 4 nitrogen and oxygen atoms in total. The summed E-state index contributed by atoms with van der Waals surface area (Å²) in [4.78, 5) is 2.04. The molecule has 0 aliphatic rings. The van der Waals surface area contributed by atoms with Crippen molar-refractivity contribution in [3.63, 3.8) is 0 Å². The first-order valence-electron chi connectivity index (χ1n) is 6.24. The molecule has 1 aromatic carbocycles. The van der Waals surface area contributed by atoms with Crippen LogP contribution in [0.15, 0.2) is 36.7 Å². The average molecular weight is 262 g/mol. The third-order valence-corrected chi connectivity index (χ3v) is 3.21. The monoisotopic (exact) mass is 262 g/mol. The summed E-state index contributed by atoms with van der Waals surface area (Å²) in [6.07, 6.45) is 3.76. The topological polar surface area (TPSA) is 47.1 Å². The van der Waals surface area contributed by atoms with Crippen molar-refractivity contribution in [2.24, 2.45) is 12.8 Å². The van der Waals surface area contributed by atoms with Crippen LogP contribution in [-0.4, -0.2) is 28.3 Å². The summed E-state index contributed by atoms with van der Waals surface area (Å²) in [6, 6.07) is 6.64. The Balaban J connectivity index is 2.15. The van der Waals surface area contributed by atoms with Gasteiger partial charge in [-0.05, 0) is 13.1 Å². The van der Waals surface area contributed by atoms with Crippen molar-refractivity contribution in [3.8, 4) is 0 Å². The zero-order valence-corrected chi connectivity index (χ0v) is 11.3. The maximum Gasteiger partial charge on any atom is 0.128 e. The molecule has 1 unspecified atom stereocenters. The number of nitrogens with two attached hydrogens (primary N) is 1. The quantitative estimate of drug-likeness (QED) is 0.892. The van der Waals surface area contributed by atoms with Crippen molar-refractivity contribution in [1.29, 1.82) is 0 Å². The smallest absolute Gasteiger partial charge is 0.128 e. The molecular weight excluding hydrogens is 243 g/mol. The third-order valence-electron chi connectivity index (χ3n) is 3.21. The Bertz CT molecular complexity index is 538.